The molecular formula is C24H33F3N2O5. The third kappa shape index (κ3) is 6.63. The fourth-order valence-electron chi connectivity index (χ4n) is 4.77. The Bertz CT molecular complexity index is 878. The van der Waals surface area contributed by atoms with E-state index in [1.165, 1.54) is 17.0 Å². The van der Waals surface area contributed by atoms with Gasteiger partial charge in [-0.15, -0.1) is 13.2 Å². The van der Waals surface area contributed by atoms with Gasteiger partial charge in [-0.1, -0.05) is 31.4 Å². The van der Waals surface area contributed by atoms with Crippen molar-refractivity contribution in [1.82, 2.24) is 10.2 Å². The number of nitrogens with one attached hydrogen (secondary N) is 1. The van der Waals surface area contributed by atoms with Crippen molar-refractivity contribution < 1.29 is 37.3 Å². The minimum absolute atomic E-state index is 0.156. The number of ketones is 1. The van der Waals surface area contributed by atoms with E-state index in [1.807, 2.05) is 0 Å². The van der Waals surface area contributed by atoms with Gasteiger partial charge in [0.05, 0.1) is 11.5 Å². The van der Waals surface area contributed by atoms with E-state index in [0.717, 1.165) is 18.6 Å². The summed E-state index contributed by atoms with van der Waals surface area (Å²) in [5.74, 6) is -2.03. The van der Waals surface area contributed by atoms with Gasteiger partial charge in [0, 0.05) is 19.6 Å². The van der Waals surface area contributed by atoms with Crippen molar-refractivity contribution in [2.45, 2.75) is 82.4 Å². The van der Waals surface area contributed by atoms with Gasteiger partial charge in [0.25, 0.3) is 0 Å². The summed E-state index contributed by atoms with van der Waals surface area (Å²) in [7, 11) is 0. The summed E-state index contributed by atoms with van der Waals surface area (Å²) >= 11 is 0. The van der Waals surface area contributed by atoms with E-state index in [9.17, 15) is 27.9 Å². The Morgan fingerprint density at radius 3 is 2.47 bits per heavy atom. The molecule has 1 saturated carbocycles. The zero-order valence-corrected chi connectivity index (χ0v) is 19.8. The number of Topliss-reactive ketones (excluding diaryl/α,β-unsaturated/α-hetero) is 1. The summed E-state index contributed by atoms with van der Waals surface area (Å²) in [5.41, 5.74) is -1.98. The van der Waals surface area contributed by atoms with Crippen LogP contribution in [0.4, 0.5) is 18.0 Å². The first-order valence-corrected chi connectivity index (χ1v) is 11.6. The number of carbonyl (C=O) groups excluding carboxylic acids is 2. The van der Waals surface area contributed by atoms with E-state index in [-0.39, 0.29) is 18.7 Å². The lowest BCUT2D eigenvalue weighted by Gasteiger charge is -2.43. The third-order valence-corrected chi connectivity index (χ3v) is 6.17. The number of hydrogen-bond acceptors (Lipinski definition) is 6. The molecule has 3 rings (SSSR count). The number of piperazine rings is 1. The highest BCUT2D eigenvalue weighted by molar-refractivity contribution is 5.94. The van der Waals surface area contributed by atoms with Crippen LogP contribution in [0.25, 0.3) is 0 Å². The molecule has 2 atom stereocenters. The van der Waals surface area contributed by atoms with Crippen molar-refractivity contribution in [2.75, 3.05) is 19.6 Å². The molecular weight excluding hydrogens is 453 g/mol. The Morgan fingerprint density at radius 1 is 1.18 bits per heavy atom. The molecule has 1 aromatic carbocycles. The van der Waals surface area contributed by atoms with E-state index in [2.05, 4.69) is 10.1 Å². The van der Waals surface area contributed by atoms with Crippen LogP contribution >= 0.6 is 0 Å². The second-order valence-corrected chi connectivity index (χ2v) is 10.0. The fraction of sp³-hybridized carbons (Fsp3) is 0.667. The topological polar surface area (TPSA) is 88.1 Å². The highest BCUT2D eigenvalue weighted by Gasteiger charge is 2.48. The Morgan fingerprint density at radius 2 is 1.85 bits per heavy atom. The number of ether oxygens (including phenoxy) is 2. The molecule has 1 aliphatic carbocycles. The number of aliphatic hydroxyl groups is 1. The molecule has 1 heterocycles. The first kappa shape index (κ1) is 26.3. The van der Waals surface area contributed by atoms with Gasteiger partial charge in [0.1, 0.15) is 17.4 Å². The normalized spacial score (nSPS) is 22.1. The smallest absolute Gasteiger partial charge is 0.444 e. The number of hydrogen-bond donors (Lipinski definition) is 2. The van der Waals surface area contributed by atoms with Crippen LogP contribution in [0.3, 0.4) is 0 Å². The minimum Gasteiger partial charge on any atom is -0.444 e. The van der Waals surface area contributed by atoms with Crippen molar-refractivity contribution in [3.63, 3.8) is 0 Å². The summed E-state index contributed by atoms with van der Waals surface area (Å²) in [4.78, 5) is 28.2. The number of amides is 1. The maximum atomic E-state index is 14.0. The summed E-state index contributed by atoms with van der Waals surface area (Å²) in [6.45, 7) is 6.03. The molecule has 2 N–H and O–H groups in total. The molecule has 0 spiro atoms. The summed E-state index contributed by atoms with van der Waals surface area (Å²) < 4.78 is 48.0. The van der Waals surface area contributed by atoms with Crippen LogP contribution in [-0.2, 0) is 9.53 Å². The van der Waals surface area contributed by atoms with Gasteiger partial charge in [0.15, 0.2) is 5.78 Å². The fourth-order valence-corrected chi connectivity index (χ4v) is 4.77. The molecule has 1 saturated heterocycles. The van der Waals surface area contributed by atoms with Crippen molar-refractivity contribution in [2.24, 2.45) is 0 Å². The van der Waals surface area contributed by atoms with Gasteiger partial charge in [0.2, 0.25) is 0 Å². The Hall–Kier alpha value is -2.33. The second-order valence-electron chi connectivity index (χ2n) is 10.0. The third-order valence-electron chi connectivity index (χ3n) is 6.17. The van der Waals surface area contributed by atoms with Crippen molar-refractivity contribution in [1.29, 1.82) is 0 Å². The quantitative estimate of drug-likeness (QED) is 0.651. The maximum Gasteiger partial charge on any atom is 0.573 e. The predicted molar refractivity (Wildman–Crippen MR) is 119 cm³/mol. The van der Waals surface area contributed by atoms with Crippen molar-refractivity contribution in [3.05, 3.63) is 29.8 Å². The Kier molecular flexibility index (Phi) is 7.82. The highest BCUT2D eigenvalue weighted by Crippen LogP contribution is 2.42. The number of rotatable bonds is 5. The largest absolute Gasteiger partial charge is 0.573 e. The summed E-state index contributed by atoms with van der Waals surface area (Å²) in [5, 5.41) is 14.7. The number of nitrogens with zero attached hydrogens (tertiary/aromatic N) is 1. The summed E-state index contributed by atoms with van der Waals surface area (Å²) in [6.07, 6.45) is -2.58. The van der Waals surface area contributed by atoms with Gasteiger partial charge in [-0.05, 0) is 51.3 Å². The van der Waals surface area contributed by atoms with Crippen LogP contribution in [0.2, 0.25) is 0 Å². The highest BCUT2D eigenvalue weighted by atomic mass is 19.4. The SMILES string of the molecule is CC(C)(C)OC(=O)N1CCNCC1C(=O)C(c1cccc(OC(F)(F)F)c1)C1(O)CCCCC1. The average Bonchev–Trinajstić information content (AvgIpc) is 2.72. The lowest BCUT2D eigenvalue weighted by Crippen LogP contribution is -2.60. The number of alkyl halides is 3. The van der Waals surface area contributed by atoms with Crippen molar-refractivity contribution in [3.8, 4) is 5.75 Å². The van der Waals surface area contributed by atoms with Crippen LogP contribution in [0.5, 0.6) is 5.75 Å². The zero-order valence-electron chi connectivity index (χ0n) is 19.8. The van der Waals surface area contributed by atoms with Gasteiger partial charge in [-0.25, -0.2) is 4.79 Å². The molecule has 1 aliphatic heterocycles. The van der Waals surface area contributed by atoms with Gasteiger partial charge >= 0.3 is 12.5 Å². The zero-order chi connectivity index (χ0) is 25.1. The van der Waals surface area contributed by atoms with Crippen LogP contribution < -0.4 is 10.1 Å². The molecule has 0 radical (unpaired) electrons. The van der Waals surface area contributed by atoms with E-state index in [0.29, 0.717) is 32.2 Å². The molecule has 10 heteroatoms. The van der Waals surface area contributed by atoms with Crippen LogP contribution in [0.15, 0.2) is 24.3 Å². The van der Waals surface area contributed by atoms with E-state index in [4.69, 9.17) is 4.74 Å². The molecule has 1 amide bonds. The standard InChI is InChI=1S/C24H33F3N2O5/c1-22(2,3)34-21(31)29-13-12-28-15-18(29)20(30)19(23(32)10-5-4-6-11-23)16-8-7-9-17(14-16)33-24(25,26)27/h7-9,14,18-19,28,32H,4-6,10-13,15H2,1-3H3. The summed E-state index contributed by atoms with van der Waals surface area (Å²) in [6, 6.07) is 4.25. The number of halogens is 3. The molecule has 190 valence electrons. The molecule has 0 aromatic heterocycles. The molecule has 2 unspecified atom stereocenters. The second kappa shape index (κ2) is 10.1. The molecule has 1 aromatic rings. The average molecular weight is 487 g/mol. The lowest BCUT2D eigenvalue weighted by atomic mass is 9.69. The molecule has 34 heavy (non-hydrogen) atoms. The van der Waals surface area contributed by atoms with E-state index >= 15 is 0 Å². The molecule has 2 aliphatic rings. The van der Waals surface area contributed by atoms with E-state index < -0.39 is 47.2 Å². The first-order valence-electron chi connectivity index (χ1n) is 11.6. The first-order chi connectivity index (χ1) is 15.8. The van der Waals surface area contributed by atoms with Crippen LogP contribution in [-0.4, -0.2) is 65.1 Å². The lowest BCUT2D eigenvalue weighted by molar-refractivity contribution is -0.274. The number of carbonyl (C=O) groups is 2. The van der Waals surface area contributed by atoms with Crippen LogP contribution in [0, 0.1) is 0 Å². The van der Waals surface area contributed by atoms with Gasteiger partial charge in [-0.2, -0.15) is 0 Å². The monoisotopic (exact) mass is 486 g/mol. The van der Waals surface area contributed by atoms with Gasteiger partial charge in [-0.3, -0.25) is 9.69 Å². The van der Waals surface area contributed by atoms with Gasteiger partial charge < -0.3 is 19.9 Å². The Labute approximate surface area is 197 Å². The molecule has 7 nitrogen and oxygen atoms in total. The molecule has 0 bridgehead atoms. The predicted octanol–water partition coefficient (Wildman–Crippen LogP) is 4.14. The molecule has 2 fully saturated rings. The Balaban J connectivity index is 1.98. The minimum atomic E-state index is -4.89. The van der Waals surface area contributed by atoms with Crippen molar-refractivity contribution >= 4 is 11.9 Å². The maximum absolute atomic E-state index is 14.0. The van der Waals surface area contributed by atoms with Crippen LogP contribution in [0.1, 0.15) is 64.4 Å². The van der Waals surface area contributed by atoms with E-state index in [1.54, 1.807) is 20.8 Å². The number of benzene rings is 1.